The first-order valence-corrected chi connectivity index (χ1v) is 10.1. The van der Waals surface area contributed by atoms with Crippen molar-refractivity contribution in [3.8, 4) is 11.5 Å². The van der Waals surface area contributed by atoms with Crippen molar-refractivity contribution >= 4 is 38.9 Å². The Bertz CT molecular complexity index is 947. The van der Waals surface area contributed by atoms with Crippen LogP contribution in [-0.4, -0.2) is 41.3 Å². The Labute approximate surface area is 163 Å². The lowest BCUT2D eigenvalue weighted by molar-refractivity contribution is -0.114. The monoisotopic (exact) mass is 412 g/mol. The van der Waals surface area contributed by atoms with Crippen molar-refractivity contribution in [1.29, 1.82) is 0 Å². The van der Waals surface area contributed by atoms with Gasteiger partial charge < -0.3 is 14.8 Å². The van der Waals surface area contributed by atoms with Crippen LogP contribution in [0, 0.1) is 6.92 Å². The molecule has 0 aliphatic rings. The van der Waals surface area contributed by atoms with E-state index < -0.39 is 22.5 Å². The number of ether oxygens (including phenoxy) is 2. The van der Waals surface area contributed by atoms with E-state index in [1.54, 1.807) is 43.3 Å². The predicted octanol–water partition coefficient (Wildman–Crippen LogP) is 3.07. The van der Waals surface area contributed by atoms with Gasteiger partial charge in [0.05, 0.1) is 31.9 Å². The van der Waals surface area contributed by atoms with Crippen molar-refractivity contribution in [2.45, 2.75) is 6.92 Å². The first-order valence-electron chi connectivity index (χ1n) is 7.91. The molecule has 0 aliphatic carbocycles. The van der Waals surface area contributed by atoms with Gasteiger partial charge in [-0.25, -0.2) is 8.42 Å². The van der Waals surface area contributed by atoms with E-state index in [2.05, 4.69) is 5.32 Å². The zero-order valence-corrected chi connectivity index (χ0v) is 17.0. The first-order chi connectivity index (χ1) is 12.7. The normalized spacial score (nSPS) is 11.0. The summed E-state index contributed by atoms with van der Waals surface area (Å²) in [5.74, 6) is 0.453. The summed E-state index contributed by atoms with van der Waals surface area (Å²) in [7, 11) is -0.707. The Morgan fingerprint density at radius 3 is 2.41 bits per heavy atom. The maximum atomic E-state index is 12.5. The topological polar surface area (TPSA) is 84.9 Å². The van der Waals surface area contributed by atoms with Crippen LogP contribution in [0.15, 0.2) is 36.4 Å². The summed E-state index contributed by atoms with van der Waals surface area (Å²) in [6.07, 6.45) is 1.04. The number of halogens is 1. The molecule has 27 heavy (non-hydrogen) atoms. The molecular formula is C18H21ClN2O5S. The molecule has 2 rings (SSSR count). The molecule has 146 valence electrons. The molecule has 2 aromatic rings. The number of methoxy groups -OCH3 is 2. The molecule has 0 fully saturated rings. The zero-order chi connectivity index (χ0) is 20.2. The van der Waals surface area contributed by atoms with E-state index in [9.17, 15) is 13.2 Å². The van der Waals surface area contributed by atoms with E-state index >= 15 is 0 Å². The minimum absolute atomic E-state index is 0.388. The van der Waals surface area contributed by atoms with Gasteiger partial charge in [0.2, 0.25) is 15.9 Å². The molecule has 0 radical (unpaired) electrons. The molecule has 0 saturated carbocycles. The van der Waals surface area contributed by atoms with Gasteiger partial charge in [-0.05, 0) is 42.8 Å². The molecule has 9 heteroatoms. The number of hydrogen-bond donors (Lipinski definition) is 1. The lowest BCUT2D eigenvalue weighted by Crippen LogP contribution is -2.37. The molecular weight excluding hydrogens is 392 g/mol. The first kappa shape index (κ1) is 20.9. The fourth-order valence-electron chi connectivity index (χ4n) is 2.50. The number of carbonyl (C=O) groups excluding carboxylic acids is 1. The van der Waals surface area contributed by atoms with Gasteiger partial charge in [0.1, 0.15) is 18.0 Å². The number of rotatable bonds is 7. The van der Waals surface area contributed by atoms with Crippen molar-refractivity contribution in [1.82, 2.24) is 0 Å². The third-order valence-electron chi connectivity index (χ3n) is 3.80. The second-order valence-electron chi connectivity index (χ2n) is 5.81. The predicted molar refractivity (Wildman–Crippen MR) is 107 cm³/mol. The molecule has 2 aromatic carbocycles. The highest BCUT2D eigenvalue weighted by molar-refractivity contribution is 7.92. The molecule has 0 heterocycles. The number of nitrogens with one attached hydrogen (secondary N) is 1. The van der Waals surface area contributed by atoms with Crippen LogP contribution in [0.3, 0.4) is 0 Å². The fourth-order valence-corrected chi connectivity index (χ4v) is 3.64. The van der Waals surface area contributed by atoms with Crippen molar-refractivity contribution in [2.75, 3.05) is 36.6 Å². The van der Waals surface area contributed by atoms with Crippen LogP contribution in [0.4, 0.5) is 11.4 Å². The molecule has 0 aromatic heterocycles. The Hall–Kier alpha value is -2.45. The molecule has 1 N–H and O–H groups in total. The maximum absolute atomic E-state index is 12.5. The van der Waals surface area contributed by atoms with Crippen molar-refractivity contribution in [3.05, 3.63) is 47.0 Å². The quantitative estimate of drug-likeness (QED) is 0.755. The van der Waals surface area contributed by atoms with Crippen LogP contribution in [-0.2, 0) is 14.8 Å². The lowest BCUT2D eigenvalue weighted by atomic mass is 10.2. The van der Waals surface area contributed by atoms with E-state index in [0.717, 1.165) is 10.6 Å². The largest absolute Gasteiger partial charge is 0.497 e. The van der Waals surface area contributed by atoms with Crippen LogP contribution < -0.4 is 19.1 Å². The molecule has 0 bridgehead atoms. The van der Waals surface area contributed by atoms with Crippen molar-refractivity contribution in [3.63, 3.8) is 0 Å². The summed E-state index contributed by atoms with van der Waals surface area (Å²) in [4.78, 5) is 12.5. The Morgan fingerprint density at radius 1 is 1.15 bits per heavy atom. The summed E-state index contributed by atoms with van der Waals surface area (Å²) < 4.78 is 35.9. The van der Waals surface area contributed by atoms with E-state index in [0.29, 0.717) is 33.5 Å². The summed E-state index contributed by atoms with van der Waals surface area (Å²) >= 11 is 5.94. The zero-order valence-electron chi connectivity index (χ0n) is 15.4. The van der Waals surface area contributed by atoms with Crippen molar-refractivity contribution < 1.29 is 22.7 Å². The third-order valence-corrected chi connectivity index (χ3v) is 5.16. The molecule has 7 nitrogen and oxygen atoms in total. The molecule has 1 amide bonds. The highest BCUT2D eigenvalue weighted by Crippen LogP contribution is 2.29. The smallest absolute Gasteiger partial charge is 0.245 e. The minimum Gasteiger partial charge on any atom is -0.497 e. The molecule has 0 aliphatic heterocycles. The number of aryl methyl sites for hydroxylation is 1. The molecule has 0 spiro atoms. The molecule has 0 saturated heterocycles. The number of benzene rings is 2. The highest BCUT2D eigenvalue weighted by atomic mass is 35.5. The SMILES string of the molecule is COc1ccc(NC(=O)CN(c2ccc(Cl)cc2C)S(C)(=O)=O)c(OC)c1. The second-order valence-corrected chi connectivity index (χ2v) is 8.16. The van der Waals surface area contributed by atoms with Crippen LogP contribution in [0.5, 0.6) is 11.5 Å². The van der Waals surface area contributed by atoms with Crippen LogP contribution in [0.25, 0.3) is 0 Å². The molecule has 0 atom stereocenters. The number of hydrogen-bond acceptors (Lipinski definition) is 5. The van der Waals surface area contributed by atoms with Gasteiger partial charge in [0.25, 0.3) is 0 Å². The van der Waals surface area contributed by atoms with Crippen LogP contribution >= 0.6 is 11.6 Å². The summed E-state index contributed by atoms with van der Waals surface area (Å²) in [5.41, 5.74) is 1.44. The van der Waals surface area contributed by atoms with Gasteiger partial charge in [-0.2, -0.15) is 0 Å². The number of anilines is 2. The fraction of sp³-hybridized carbons (Fsp3) is 0.278. The lowest BCUT2D eigenvalue weighted by Gasteiger charge is -2.24. The third kappa shape index (κ3) is 5.27. The second kappa shape index (κ2) is 8.49. The van der Waals surface area contributed by atoms with E-state index in [-0.39, 0.29) is 0 Å². The Balaban J connectivity index is 2.27. The average molecular weight is 413 g/mol. The van der Waals surface area contributed by atoms with Gasteiger partial charge in [-0.15, -0.1) is 0 Å². The minimum atomic E-state index is -3.69. The summed E-state index contributed by atoms with van der Waals surface area (Å²) in [6, 6.07) is 9.68. The van der Waals surface area contributed by atoms with Gasteiger partial charge in [0, 0.05) is 11.1 Å². The van der Waals surface area contributed by atoms with E-state index in [1.165, 1.54) is 14.2 Å². The van der Waals surface area contributed by atoms with Crippen LogP contribution in [0.2, 0.25) is 5.02 Å². The number of carbonyl (C=O) groups is 1. The molecule has 0 unspecified atom stereocenters. The standard InChI is InChI=1S/C18H21ClN2O5S/c1-12-9-13(19)5-8-16(12)21(27(4,23)24)11-18(22)20-15-7-6-14(25-2)10-17(15)26-3/h5-10H,11H2,1-4H3,(H,20,22). The van der Waals surface area contributed by atoms with Crippen LogP contribution in [0.1, 0.15) is 5.56 Å². The highest BCUT2D eigenvalue weighted by Gasteiger charge is 2.23. The number of amides is 1. The number of nitrogens with zero attached hydrogens (tertiary/aromatic N) is 1. The Kier molecular flexibility index (Phi) is 6.56. The summed E-state index contributed by atoms with van der Waals surface area (Å²) in [5, 5.41) is 3.15. The maximum Gasteiger partial charge on any atom is 0.245 e. The van der Waals surface area contributed by atoms with Gasteiger partial charge >= 0.3 is 0 Å². The van der Waals surface area contributed by atoms with E-state index in [1.807, 2.05) is 0 Å². The Morgan fingerprint density at radius 2 is 1.85 bits per heavy atom. The average Bonchev–Trinajstić information content (AvgIpc) is 2.59. The van der Waals surface area contributed by atoms with Gasteiger partial charge in [-0.3, -0.25) is 9.10 Å². The van der Waals surface area contributed by atoms with Gasteiger partial charge in [-0.1, -0.05) is 11.6 Å². The van der Waals surface area contributed by atoms with Crippen molar-refractivity contribution in [2.24, 2.45) is 0 Å². The van der Waals surface area contributed by atoms with E-state index in [4.69, 9.17) is 21.1 Å². The van der Waals surface area contributed by atoms with Gasteiger partial charge in [0.15, 0.2) is 0 Å². The summed E-state index contributed by atoms with van der Waals surface area (Å²) in [6.45, 7) is 1.33. The number of sulfonamides is 1.